The first kappa shape index (κ1) is 21.3. The Balaban J connectivity index is 1.58. The highest BCUT2D eigenvalue weighted by molar-refractivity contribution is 6.34. The fourth-order valence-electron chi connectivity index (χ4n) is 4.83. The predicted octanol–water partition coefficient (Wildman–Crippen LogP) is 4.57. The number of hydrogen-bond donors (Lipinski definition) is 3. The molecule has 0 spiro atoms. The summed E-state index contributed by atoms with van der Waals surface area (Å²) in [7, 11) is 0. The Morgan fingerprint density at radius 2 is 1.97 bits per heavy atom. The van der Waals surface area contributed by atoms with Crippen molar-refractivity contribution in [3.63, 3.8) is 0 Å². The van der Waals surface area contributed by atoms with Gasteiger partial charge in [0.25, 0.3) is 5.92 Å². The number of carbonyl (C=O) groups is 1. The van der Waals surface area contributed by atoms with Gasteiger partial charge in [0.1, 0.15) is 11.8 Å². The predicted molar refractivity (Wildman–Crippen MR) is 128 cm³/mol. The van der Waals surface area contributed by atoms with Gasteiger partial charge in [-0.15, -0.1) is 0 Å². The number of allylic oxidation sites excluding steroid dienone is 5. The number of alkyl halides is 2. The maximum Gasteiger partial charge on any atom is 0.251 e. The van der Waals surface area contributed by atoms with Crippen molar-refractivity contribution < 1.29 is 13.6 Å². The lowest BCUT2D eigenvalue weighted by Crippen LogP contribution is -2.45. The SMILES string of the molecule is N=C1C(c2cccc3[nH]ncc23)=CC(C2=CCC(F)(F)CC2)=C2N=C(c3ccncc3)NC(=O)C12. The second-order valence-corrected chi connectivity index (χ2v) is 8.82. The molecular formula is C26H20F2N6O. The normalized spacial score (nSPS) is 21.8. The van der Waals surface area contributed by atoms with E-state index in [2.05, 4.69) is 20.5 Å². The number of halogens is 2. The first-order valence-corrected chi connectivity index (χ1v) is 11.3. The van der Waals surface area contributed by atoms with Gasteiger partial charge in [-0.25, -0.2) is 13.8 Å². The molecule has 3 aromatic rings. The molecule has 2 aromatic heterocycles. The van der Waals surface area contributed by atoms with Crippen LogP contribution >= 0.6 is 0 Å². The van der Waals surface area contributed by atoms with Gasteiger partial charge >= 0.3 is 0 Å². The lowest BCUT2D eigenvalue weighted by atomic mass is 9.77. The third-order valence-electron chi connectivity index (χ3n) is 6.63. The summed E-state index contributed by atoms with van der Waals surface area (Å²) in [6, 6.07) is 9.07. The summed E-state index contributed by atoms with van der Waals surface area (Å²) < 4.78 is 27.9. The Bertz CT molecular complexity index is 1510. The first-order chi connectivity index (χ1) is 16.9. The van der Waals surface area contributed by atoms with Gasteiger partial charge in [0.15, 0.2) is 0 Å². The van der Waals surface area contributed by atoms with Crippen LogP contribution in [0.4, 0.5) is 8.78 Å². The molecule has 6 rings (SSSR count). The zero-order valence-corrected chi connectivity index (χ0v) is 18.5. The summed E-state index contributed by atoms with van der Waals surface area (Å²) in [5.41, 5.74) is 4.63. The zero-order valence-electron chi connectivity index (χ0n) is 18.5. The van der Waals surface area contributed by atoms with E-state index < -0.39 is 11.8 Å². The van der Waals surface area contributed by atoms with Gasteiger partial charge in [-0.05, 0) is 41.8 Å². The van der Waals surface area contributed by atoms with E-state index in [9.17, 15) is 13.6 Å². The van der Waals surface area contributed by atoms with Crippen molar-refractivity contribution in [3.05, 3.63) is 89.0 Å². The number of fused-ring (bicyclic) bond motifs is 2. The van der Waals surface area contributed by atoms with E-state index >= 15 is 0 Å². The van der Waals surface area contributed by atoms with E-state index in [-0.39, 0.29) is 30.9 Å². The molecule has 35 heavy (non-hydrogen) atoms. The monoisotopic (exact) mass is 470 g/mol. The minimum absolute atomic E-state index is 0.106. The van der Waals surface area contributed by atoms with Gasteiger partial charge in [0, 0.05) is 47.3 Å². The Hall–Kier alpha value is -4.27. The minimum atomic E-state index is -2.75. The van der Waals surface area contributed by atoms with Crippen molar-refractivity contribution in [1.82, 2.24) is 20.5 Å². The van der Waals surface area contributed by atoms with Crippen LogP contribution in [0.3, 0.4) is 0 Å². The lowest BCUT2D eigenvalue weighted by Gasteiger charge is -2.32. The number of amides is 1. The number of carbonyl (C=O) groups excluding carboxylic acids is 1. The number of pyridine rings is 1. The number of aliphatic imine (C=N–C) groups is 1. The molecule has 3 aliphatic rings. The molecule has 1 amide bonds. The molecule has 0 radical (unpaired) electrons. The third kappa shape index (κ3) is 3.60. The summed E-state index contributed by atoms with van der Waals surface area (Å²) in [4.78, 5) is 22.1. The van der Waals surface area contributed by atoms with Crippen LogP contribution in [0.5, 0.6) is 0 Å². The highest BCUT2D eigenvalue weighted by Crippen LogP contribution is 2.43. The molecule has 2 aliphatic carbocycles. The number of benzene rings is 1. The number of hydrogen-bond acceptors (Lipinski definition) is 5. The standard InChI is InChI=1S/C26H20F2N6O/c27-26(28)8-4-14(5-9-26)17-12-18(16-2-1-3-20-19(16)13-31-34-20)22(29)21-23(17)32-24(33-25(21)35)15-6-10-30-11-7-15/h1-4,6-7,10-13,21,29H,5,8-9H2,(H,31,34)(H,32,33,35). The van der Waals surface area contributed by atoms with Crippen LogP contribution in [0.2, 0.25) is 0 Å². The number of amidine groups is 1. The summed E-state index contributed by atoms with van der Waals surface area (Å²) >= 11 is 0. The molecule has 0 saturated heterocycles. The molecular weight excluding hydrogens is 450 g/mol. The van der Waals surface area contributed by atoms with E-state index in [1.165, 1.54) is 0 Å². The maximum absolute atomic E-state index is 13.9. The summed E-state index contributed by atoms with van der Waals surface area (Å²) in [6.45, 7) is 0. The molecule has 3 heterocycles. The minimum Gasteiger partial charge on any atom is -0.309 e. The fraction of sp³-hybridized carbons (Fsp3) is 0.192. The molecule has 174 valence electrons. The van der Waals surface area contributed by atoms with Crippen LogP contribution in [-0.2, 0) is 4.79 Å². The smallest absolute Gasteiger partial charge is 0.251 e. The second kappa shape index (κ2) is 7.90. The van der Waals surface area contributed by atoms with Crippen molar-refractivity contribution in [1.29, 1.82) is 5.41 Å². The first-order valence-electron chi connectivity index (χ1n) is 11.3. The topological polar surface area (TPSA) is 107 Å². The van der Waals surface area contributed by atoms with Crippen molar-refractivity contribution in [2.24, 2.45) is 10.9 Å². The van der Waals surface area contributed by atoms with Gasteiger partial charge in [-0.2, -0.15) is 5.10 Å². The molecule has 7 nitrogen and oxygen atoms in total. The van der Waals surface area contributed by atoms with Crippen molar-refractivity contribution in [2.75, 3.05) is 0 Å². The maximum atomic E-state index is 13.9. The Morgan fingerprint density at radius 1 is 1.14 bits per heavy atom. The highest BCUT2D eigenvalue weighted by Gasteiger charge is 2.41. The molecule has 1 unspecified atom stereocenters. The second-order valence-electron chi connectivity index (χ2n) is 8.82. The Kier molecular flexibility index (Phi) is 4.80. The number of aromatic nitrogens is 3. The highest BCUT2D eigenvalue weighted by atomic mass is 19.3. The third-order valence-corrected chi connectivity index (χ3v) is 6.63. The zero-order chi connectivity index (χ0) is 24.2. The number of nitrogens with one attached hydrogen (secondary N) is 3. The van der Waals surface area contributed by atoms with E-state index in [0.29, 0.717) is 33.8 Å². The van der Waals surface area contributed by atoms with E-state index in [0.717, 1.165) is 16.5 Å². The van der Waals surface area contributed by atoms with E-state index in [1.807, 2.05) is 24.3 Å². The number of rotatable bonds is 3. The molecule has 0 saturated carbocycles. The van der Waals surface area contributed by atoms with Crippen molar-refractivity contribution in [3.8, 4) is 0 Å². The van der Waals surface area contributed by atoms with Crippen LogP contribution in [-0.4, -0.2) is 38.6 Å². The molecule has 0 bridgehead atoms. The molecule has 1 atom stereocenters. The Labute approximate surface area is 198 Å². The van der Waals surface area contributed by atoms with Gasteiger partial charge in [0.2, 0.25) is 5.91 Å². The lowest BCUT2D eigenvalue weighted by molar-refractivity contribution is -0.121. The van der Waals surface area contributed by atoms with Gasteiger partial charge < -0.3 is 10.7 Å². The Morgan fingerprint density at radius 3 is 2.74 bits per heavy atom. The van der Waals surface area contributed by atoms with Crippen LogP contribution in [0.25, 0.3) is 16.5 Å². The number of H-pyrrole nitrogens is 1. The molecule has 1 aliphatic heterocycles. The van der Waals surface area contributed by atoms with Gasteiger partial charge in [0.05, 0.1) is 23.1 Å². The summed E-state index contributed by atoms with van der Waals surface area (Å²) in [5.74, 6) is -3.73. The molecule has 0 fully saturated rings. The van der Waals surface area contributed by atoms with E-state index in [4.69, 9.17) is 10.4 Å². The van der Waals surface area contributed by atoms with E-state index in [1.54, 1.807) is 36.8 Å². The van der Waals surface area contributed by atoms with Crippen LogP contribution in [0, 0.1) is 11.3 Å². The summed E-state index contributed by atoms with van der Waals surface area (Å²) in [6.07, 6.45) is 7.76. The summed E-state index contributed by atoms with van der Waals surface area (Å²) in [5, 5.41) is 19.7. The number of nitrogens with zero attached hydrogens (tertiary/aromatic N) is 3. The van der Waals surface area contributed by atoms with Crippen LogP contribution in [0.15, 0.2) is 82.9 Å². The molecule has 3 N–H and O–H groups in total. The van der Waals surface area contributed by atoms with Gasteiger partial charge in [-0.1, -0.05) is 18.2 Å². The average Bonchev–Trinajstić information content (AvgIpc) is 3.34. The quantitative estimate of drug-likeness (QED) is 0.522. The van der Waals surface area contributed by atoms with Crippen molar-refractivity contribution in [2.45, 2.75) is 25.2 Å². The molecule has 1 aromatic carbocycles. The molecule has 9 heteroatoms. The van der Waals surface area contributed by atoms with Crippen molar-refractivity contribution >= 4 is 33.9 Å². The fourth-order valence-corrected chi connectivity index (χ4v) is 4.83. The average molecular weight is 470 g/mol. The number of aromatic amines is 1. The van der Waals surface area contributed by atoms with Gasteiger partial charge in [-0.3, -0.25) is 14.9 Å². The van der Waals surface area contributed by atoms with Crippen LogP contribution in [0.1, 0.15) is 30.4 Å². The van der Waals surface area contributed by atoms with Crippen LogP contribution < -0.4 is 5.32 Å². The largest absolute Gasteiger partial charge is 0.309 e.